The predicted molar refractivity (Wildman–Crippen MR) is 73.5 cm³/mol. The minimum Gasteiger partial charge on any atom is -0.394 e. The number of aliphatic hydroxyl groups is 1. The molecule has 0 atom stereocenters. The fourth-order valence-electron chi connectivity index (χ4n) is 1.77. The summed E-state index contributed by atoms with van der Waals surface area (Å²) in [6.07, 6.45) is 1.44. The zero-order chi connectivity index (χ0) is 13.4. The Bertz CT molecular complexity index is 353. The van der Waals surface area contributed by atoms with Gasteiger partial charge in [-0.3, -0.25) is 4.79 Å². The molecule has 1 amide bonds. The van der Waals surface area contributed by atoms with Crippen molar-refractivity contribution in [3.8, 4) is 0 Å². The molecule has 4 heteroatoms. The molecule has 100 valence electrons. The molecule has 0 aliphatic heterocycles. The molecule has 0 unspecified atom stereocenters. The lowest BCUT2D eigenvalue weighted by Gasteiger charge is -2.30. The van der Waals surface area contributed by atoms with Crippen LogP contribution in [0.2, 0.25) is 0 Å². The first-order valence-electron chi connectivity index (χ1n) is 6.36. The number of anilines is 1. The van der Waals surface area contributed by atoms with E-state index in [0.29, 0.717) is 0 Å². The van der Waals surface area contributed by atoms with E-state index >= 15 is 0 Å². The number of carbonyl (C=O) groups is 1. The number of nitrogens with one attached hydrogen (secondary N) is 2. The van der Waals surface area contributed by atoms with Gasteiger partial charge in [-0.1, -0.05) is 32.0 Å². The summed E-state index contributed by atoms with van der Waals surface area (Å²) in [4.78, 5) is 11.8. The summed E-state index contributed by atoms with van der Waals surface area (Å²) in [5.41, 5.74) is 0.422. The quantitative estimate of drug-likeness (QED) is 0.691. The Kier molecular flexibility index (Phi) is 5.65. The topological polar surface area (TPSA) is 61.4 Å². The number of aliphatic hydroxyl groups excluding tert-OH is 1. The second-order valence-corrected chi connectivity index (χ2v) is 4.41. The van der Waals surface area contributed by atoms with Crippen LogP contribution in [0.5, 0.6) is 0 Å². The number of amides is 1. The highest BCUT2D eigenvalue weighted by Gasteiger charge is 2.26. The first-order valence-corrected chi connectivity index (χ1v) is 6.36. The Morgan fingerprint density at radius 2 is 1.83 bits per heavy atom. The third-order valence-corrected chi connectivity index (χ3v) is 3.29. The molecule has 3 N–H and O–H groups in total. The average molecular weight is 250 g/mol. The van der Waals surface area contributed by atoms with Crippen LogP contribution in [0, 0.1) is 0 Å². The van der Waals surface area contributed by atoms with Crippen LogP contribution in [-0.2, 0) is 4.79 Å². The monoisotopic (exact) mass is 250 g/mol. The number of hydrogen-bond donors (Lipinski definition) is 3. The smallest absolute Gasteiger partial charge is 0.239 e. The Hall–Kier alpha value is -1.55. The first kappa shape index (κ1) is 14.5. The molecule has 4 nitrogen and oxygen atoms in total. The van der Waals surface area contributed by atoms with E-state index in [9.17, 15) is 9.90 Å². The highest BCUT2D eigenvalue weighted by molar-refractivity contribution is 5.81. The van der Waals surface area contributed by atoms with Gasteiger partial charge in [0.15, 0.2) is 0 Å². The van der Waals surface area contributed by atoms with Crippen molar-refractivity contribution in [1.29, 1.82) is 0 Å². The summed E-state index contributed by atoms with van der Waals surface area (Å²) < 4.78 is 0. The molecular formula is C14H22N2O2. The molecule has 0 radical (unpaired) electrons. The number of hydrogen-bond acceptors (Lipinski definition) is 3. The molecule has 0 fully saturated rings. The second kappa shape index (κ2) is 7.01. The third-order valence-electron chi connectivity index (χ3n) is 3.29. The van der Waals surface area contributed by atoms with Crippen LogP contribution < -0.4 is 10.6 Å². The summed E-state index contributed by atoms with van der Waals surface area (Å²) >= 11 is 0. The van der Waals surface area contributed by atoms with Crippen molar-refractivity contribution < 1.29 is 9.90 Å². The summed E-state index contributed by atoms with van der Waals surface area (Å²) in [5.74, 6) is -0.100. The van der Waals surface area contributed by atoms with E-state index in [1.54, 1.807) is 0 Å². The van der Waals surface area contributed by atoms with Gasteiger partial charge in [-0.25, -0.2) is 0 Å². The van der Waals surface area contributed by atoms with Gasteiger partial charge < -0.3 is 15.7 Å². The molecule has 0 aliphatic rings. The summed E-state index contributed by atoms with van der Waals surface area (Å²) in [6.45, 7) is 4.11. The zero-order valence-corrected chi connectivity index (χ0v) is 11.1. The second-order valence-electron chi connectivity index (χ2n) is 4.41. The molecule has 1 aromatic carbocycles. The Labute approximate surface area is 108 Å². The van der Waals surface area contributed by atoms with E-state index in [-0.39, 0.29) is 19.1 Å². The molecule has 1 aromatic rings. The van der Waals surface area contributed by atoms with E-state index in [1.165, 1.54) is 0 Å². The van der Waals surface area contributed by atoms with E-state index in [2.05, 4.69) is 10.6 Å². The highest BCUT2D eigenvalue weighted by Crippen LogP contribution is 2.13. The van der Waals surface area contributed by atoms with E-state index in [0.717, 1.165) is 18.5 Å². The van der Waals surface area contributed by atoms with Crippen LogP contribution in [0.4, 0.5) is 5.69 Å². The minimum absolute atomic E-state index is 0.0307. The number of benzene rings is 1. The van der Waals surface area contributed by atoms with Gasteiger partial charge in [0.05, 0.1) is 18.7 Å². The Morgan fingerprint density at radius 1 is 1.22 bits per heavy atom. The van der Waals surface area contributed by atoms with Crippen molar-refractivity contribution in [2.24, 2.45) is 0 Å². The summed E-state index contributed by atoms with van der Waals surface area (Å²) in [6, 6.07) is 9.57. The van der Waals surface area contributed by atoms with Crippen LogP contribution in [0.1, 0.15) is 26.7 Å². The summed E-state index contributed by atoms with van der Waals surface area (Å²) in [5, 5.41) is 15.3. The average Bonchev–Trinajstić information content (AvgIpc) is 2.44. The standard InChI is InChI=1S/C14H22N2O2/c1-3-14(4-2,11-17)16-13(18)10-15-12-8-6-5-7-9-12/h5-9,15,17H,3-4,10-11H2,1-2H3,(H,16,18). The third kappa shape index (κ3) is 4.04. The number of rotatable bonds is 7. The maximum Gasteiger partial charge on any atom is 0.239 e. The molecule has 0 saturated carbocycles. The number of para-hydroxylation sites is 1. The van der Waals surface area contributed by atoms with Gasteiger partial charge in [0.25, 0.3) is 0 Å². The molecular weight excluding hydrogens is 228 g/mol. The van der Waals surface area contributed by atoms with Gasteiger partial charge in [-0.15, -0.1) is 0 Å². The molecule has 0 aromatic heterocycles. The molecule has 0 saturated heterocycles. The van der Waals surface area contributed by atoms with Crippen LogP contribution in [0.3, 0.4) is 0 Å². The molecule has 1 rings (SSSR count). The summed E-state index contributed by atoms with van der Waals surface area (Å²) in [7, 11) is 0. The van der Waals surface area contributed by atoms with Crippen molar-refractivity contribution in [3.05, 3.63) is 30.3 Å². The maximum atomic E-state index is 11.8. The van der Waals surface area contributed by atoms with Crippen LogP contribution in [0.15, 0.2) is 30.3 Å². The Morgan fingerprint density at radius 3 is 2.33 bits per heavy atom. The van der Waals surface area contributed by atoms with E-state index in [4.69, 9.17) is 0 Å². The molecule has 0 aliphatic carbocycles. The lowest BCUT2D eigenvalue weighted by atomic mass is 9.94. The fraction of sp³-hybridized carbons (Fsp3) is 0.500. The van der Waals surface area contributed by atoms with Gasteiger partial charge in [-0.05, 0) is 25.0 Å². The minimum atomic E-state index is -0.491. The molecule has 0 heterocycles. The van der Waals surface area contributed by atoms with Gasteiger partial charge in [0.1, 0.15) is 0 Å². The van der Waals surface area contributed by atoms with E-state index < -0.39 is 5.54 Å². The lowest BCUT2D eigenvalue weighted by Crippen LogP contribution is -2.52. The van der Waals surface area contributed by atoms with Gasteiger partial charge in [-0.2, -0.15) is 0 Å². The normalized spacial score (nSPS) is 11.1. The van der Waals surface area contributed by atoms with Gasteiger partial charge in [0.2, 0.25) is 5.91 Å². The highest BCUT2D eigenvalue weighted by atomic mass is 16.3. The van der Waals surface area contributed by atoms with Crippen LogP contribution in [0.25, 0.3) is 0 Å². The zero-order valence-electron chi connectivity index (χ0n) is 11.1. The fourth-order valence-corrected chi connectivity index (χ4v) is 1.77. The maximum absolute atomic E-state index is 11.8. The number of carbonyl (C=O) groups excluding carboxylic acids is 1. The van der Waals surface area contributed by atoms with Gasteiger partial charge in [0, 0.05) is 5.69 Å². The van der Waals surface area contributed by atoms with Crippen LogP contribution >= 0.6 is 0 Å². The lowest BCUT2D eigenvalue weighted by molar-refractivity contribution is -0.122. The van der Waals surface area contributed by atoms with Crippen LogP contribution in [-0.4, -0.2) is 29.7 Å². The first-order chi connectivity index (χ1) is 8.65. The molecule has 0 bridgehead atoms. The van der Waals surface area contributed by atoms with E-state index in [1.807, 2.05) is 44.2 Å². The van der Waals surface area contributed by atoms with Crippen molar-refractivity contribution in [2.75, 3.05) is 18.5 Å². The Balaban J connectivity index is 2.46. The van der Waals surface area contributed by atoms with Crippen molar-refractivity contribution in [2.45, 2.75) is 32.2 Å². The van der Waals surface area contributed by atoms with Gasteiger partial charge >= 0.3 is 0 Å². The molecule has 18 heavy (non-hydrogen) atoms. The SMILES string of the molecule is CCC(CC)(CO)NC(=O)CNc1ccccc1. The van der Waals surface area contributed by atoms with Crippen molar-refractivity contribution in [1.82, 2.24) is 5.32 Å². The van der Waals surface area contributed by atoms with Crippen molar-refractivity contribution >= 4 is 11.6 Å². The molecule has 0 spiro atoms. The predicted octanol–water partition coefficient (Wildman–Crippen LogP) is 1.77. The largest absolute Gasteiger partial charge is 0.394 e. The van der Waals surface area contributed by atoms with Crippen molar-refractivity contribution in [3.63, 3.8) is 0 Å².